The van der Waals surface area contributed by atoms with Crippen LogP contribution in [0.5, 0.6) is 0 Å². The van der Waals surface area contributed by atoms with E-state index in [0.717, 1.165) is 12.3 Å². The van der Waals surface area contributed by atoms with E-state index in [1.54, 1.807) is 19.9 Å². The van der Waals surface area contributed by atoms with Crippen LogP contribution < -0.4 is 0 Å². The number of aryl methyl sites for hydroxylation is 2. The molecule has 0 amide bonds. The van der Waals surface area contributed by atoms with Crippen LogP contribution in [0.1, 0.15) is 27.8 Å². The maximum Gasteiger partial charge on any atom is 0.340 e. The summed E-state index contributed by atoms with van der Waals surface area (Å²) in [6, 6.07) is 5.56. The van der Waals surface area contributed by atoms with Gasteiger partial charge in [0.2, 0.25) is 0 Å². The number of hydrogen-bond donors (Lipinski definition) is 0. The van der Waals surface area contributed by atoms with Gasteiger partial charge >= 0.3 is 5.97 Å². The smallest absolute Gasteiger partial charge is 0.340 e. The van der Waals surface area contributed by atoms with Gasteiger partial charge < -0.3 is 13.6 Å². The number of hydrogen-bond acceptors (Lipinski definition) is 8. The summed E-state index contributed by atoms with van der Waals surface area (Å²) in [5, 5.41) is 7.80. The predicted molar refractivity (Wildman–Crippen MR) is 95.2 cm³/mol. The zero-order valence-electron chi connectivity index (χ0n) is 14.6. The second-order valence-electron chi connectivity index (χ2n) is 5.82. The monoisotopic (exact) mass is 410 g/mol. The number of benzene rings is 1. The first-order chi connectivity index (χ1) is 12.6. The largest absolute Gasteiger partial charge is 0.466 e. The molecule has 142 valence electrons. The highest BCUT2D eigenvalue weighted by atomic mass is 35.5. The molecule has 2 aromatic heterocycles. The van der Waals surface area contributed by atoms with E-state index in [9.17, 15) is 13.2 Å². The van der Waals surface area contributed by atoms with Crippen molar-refractivity contribution in [2.75, 3.05) is 6.26 Å². The summed E-state index contributed by atoms with van der Waals surface area (Å²) in [5.41, 5.74) is 0.585. The average molecular weight is 411 g/mol. The molecule has 0 spiro atoms. The summed E-state index contributed by atoms with van der Waals surface area (Å²) in [7, 11) is -3.49. The number of ether oxygens (including phenoxy) is 1. The number of carbonyl (C=O) groups is 1. The van der Waals surface area contributed by atoms with Crippen LogP contribution in [0.4, 0.5) is 0 Å². The van der Waals surface area contributed by atoms with Crippen molar-refractivity contribution in [2.45, 2.75) is 25.3 Å². The van der Waals surface area contributed by atoms with Crippen LogP contribution in [0.3, 0.4) is 0 Å². The van der Waals surface area contributed by atoms with Crippen LogP contribution in [0.25, 0.3) is 11.5 Å². The maximum atomic E-state index is 12.2. The standard InChI is InChI=1S/C17H15ClN2O6S/c1-9-6-12(10(2)25-9)16-20-19-15(26-16)8-24-17(21)13-7-11(27(3,22)23)4-5-14(13)18/h4-7H,8H2,1-3H3. The third kappa shape index (κ3) is 4.20. The average Bonchev–Trinajstić information content (AvgIpc) is 3.17. The Kier molecular flexibility index (Phi) is 5.07. The van der Waals surface area contributed by atoms with E-state index >= 15 is 0 Å². The van der Waals surface area contributed by atoms with E-state index in [-0.39, 0.29) is 33.9 Å². The topological polar surface area (TPSA) is 112 Å². The lowest BCUT2D eigenvalue weighted by Gasteiger charge is -2.06. The molecule has 2 heterocycles. The highest BCUT2D eigenvalue weighted by Crippen LogP contribution is 2.26. The lowest BCUT2D eigenvalue weighted by Crippen LogP contribution is -2.08. The Bertz CT molecular complexity index is 1120. The fourth-order valence-corrected chi connectivity index (χ4v) is 3.20. The van der Waals surface area contributed by atoms with Gasteiger partial charge in [-0.15, -0.1) is 10.2 Å². The van der Waals surface area contributed by atoms with E-state index in [1.807, 2.05) is 0 Å². The minimum atomic E-state index is -3.49. The Labute approximate surface area is 160 Å². The van der Waals surface area contributed by atoms with Crippen molar-refractivity contribution in [1.29, 1.82) is 0 Å². The molecule has 0 radical (unpaired) electrons. The van der Waals surface area contributed by atoms with Crippen LogP contribution in [0.2, 0.25) is 5.02 Å². The van der Waals surface area contributed by atoms with Gasteiger partial charge in [-0.05, 0) is 38.1 Å². The molecule has 0 aliphatic heterocycles. The number of esters is 1. The van der Waals surface area contributed by atoms with E-state index in [1.165, 1.54) is 12.1 Å². The van der Waals surface area contributed by atoms with Gasteiger partial charge in [-0.1, -0.05) is 11.6 Å². The Morgan fingerprint density at radius 3 is 2.56 bits per heavy atom. The third-order valence-corrected chi connectivity index (χ3v) is 5.09. The van der Waals surface area contributed by atoms with Crippen LogP contribution in [-0.2, 0) is 21.2 Å². The number of furan rings is 1. The van der Waals surface area contributed by atoms with E-state index in [4.69, 9.17) is 25.2 Å². The molecule has 8 nitrogen and oxygen atoms in total. The van der Waals surface area contributed by atoms with Gasteiger partial charge in [0.1, 0.15) is 11.5 Å². The Morgan fingerprint density at radius 2 is 1.93 bits per heavy atom. The molecule has 0 unspecified atom stereocenters. The van der Waals surface area contributed by atoms with Gasteiger partial charge in [-0.25, -0.2) is 13.2 Å². The lowest BCUT2D eigenvalue weighted by molar-refractivity contribution is 0.0438. The molecular formula is C17H15ClN2O6S. The zero-order chi connectivity index (χ0) is 19.8. The van der Waals surface area contributed by atoms with Crippen molar-refractivity contribution in [2.24, 2.45) is 0 Å². The molecule has 27 heavy (non-hydrogen) atoms. The Balaban J connectivity index is 1.74. The number of carbonyl (C=O) groups excluding carboxylic acids is 1. The first kappa shape index (κ1) is 19.1. The molecule has 0 aliphatic rings. The second kappa shape index (κ2) is 7.16. The highest BCUT2D eigenvalue weighted by Gasteiger charge is 2.19. The van der Waals surface area contributed by atoms with Gasteiger partial charge in [-0.3, -0.25) is 0 Å². The minimum Gasteiger partial charge on any atom is -0.466 e. The van der Waals surface area contributed by atoms with Crippen molar-refractivity contribution in [1.82, 2.24) is 10.2 Å². The summed E-state index contributed by atoms with van der Waals surface area (Å²) >= 11 is 5.97. The molecular weight excluding hydrogens is 396 g/mol. The van der Waals surface area contributed by atoms with Gasteiger partial charge in [0.05, 0.1) is 21.0 Å². The number of sulfone groups is 1. The van der Waals surface area contributed by atoms with E-state index < -0.39 is 15.8 Å². The quantitative estimate of drug-likeness (QED) is 0.588. The van der Waals surface area contributed by atoms with Gasteiger partial charge in [0.15, 0.2) is 16.4 Å². The Morgan fingerprint density at radius 1 is 1.19 bits per heavy atom. The molecule has 0 aliphatic carbocycles. The maximum absolute atomic E-state index is 12.2. The summed E-state index contributed by atoms with van der Waals surface area (Å²) < 4.78 is 39.2. The number of aromatic nitrogens is 2. The first-order valence-electron chi connectivity index (χ1n) is 7.71. The molecule has 1 aromatic carbocycles. The van der Waals surface area contributed by atoms with Crippen molar-refractivity contribution in [3.05, 3.63) is 52.3 Å². The van der Waals surface area contributed by atoms with Crippen molar-refractivity contribution in [3.8, 4) is 11.5 Å². The predicted octanol–water partition coefficient (Wildman–Crippen LogP) is 3.36. The summed E-state index contributed by atoms with van der Waals surface area (Å²) in [5.74, 6) is 0.846. The molecule has 0 N–H and O–H groups in total. The number of nitrogens with zero attached hydrogens (tertiary/aromatic N) is 2. The summed E-state index contributed by atoms with van der Waals surface area (Å²) in [4.78, 5) is 12.2. The second-order valence-corrected chi connectivity index (χ2v) is 8.24. The minimum absolute atomic E-state index is 0.0373. The van der Waals surface area contributed by atoms with Crippen LogP contribution in [0, 0.1) is 13.8 Å². The molecule has 0 saturated carbocycles. The Hall–Kier alpha value is -2.65. The van der Waals surface area contributed by atoms with Gasteiger partial charge in [-0.2, -0.15) is 0 Å². The molecule has 0 fully saturated rings. The van der Waals surface area contributed by atoms with Gasteiger partial charge in [0.25, 0.3) is 11.8 Å². The SMILES string of the molecule is Cc1cc(-c2nnc(COC(=O)c3cc(S(C)(=O)=O)ccc3Cl)o2)c(C)o1. The highest BCUT2D eigenvalue weighted by molar-refractivity contribution is 7.90. The summed E-state index contributed by atoms with van der Waals surface area (Å²) in [6.07, 6.45) is 1.03. The normalized spacial score (nSPS) is 11.6. The van der Waals surface area contributed by atoms with Crippen LogP contribution in [0.15, 0.2) is 38.0 Å². The number of rotatable bonds is 5. The molecule has 0 bridgehead atoms. The van der Waals surface area contributed by atoms with Crippen LogP contribution in [-0.4, -0.2) is 30.8 Å². The molecule has 3 aromatic rings. The van der Waals surface area contributed by atoms with Gasteiger partial charge in [0, 0.05) is 6.26 Å². The molecule has 0 atom stereocenters. The fraction of sp³-hybridized carbons (Fsp3) is 0.235. The lowest BCUT2D eigenvalue weighted by atomic mass is 10.2. The van der Waals surface area contributed by atoms with Crippen molar-refractivity contribution >= 4 is 27.4 Å². The molecule has 3 rings (SSSR count). The van der Waals surface area contributed by atoms with E-state index in [2.05, 4.69) is 10.2 Å². The van der Waals surface area contributed by atoms with E-state index in [0.29, 0.717) is 17.1 Å². The van der Waals surface area contributed by atoms with Crippen molar-refractivity contribution in [3.63, 3.8) is 0 Å². The van der Waals surface area contributed by atoms with Crippen LogP contribution >= 0.6 is 11.6 Å². The fourth-order valence-electron chi connectivity index (χ4n) is 2.36. The first-order valence-corrected chi connectivity index (χ1v) is 9.98. The molecule has 0 saturated heterocycles. The van der Waals surface area contributed by atoms with Crippen molar-refractivity contribution < 1.29 is 26.8 Å². The number of halogens is 1. The summed E-state index contributed by atoms with van der Waals surface area (Å²) in [6.45, 7) is 3.27. The zero-order valence-corrected chi connectivity index (χ0v) is 16.2. The molecule has 10 heteroatoms. The third-order valence-electron chi connectivity index (χ3n) is 3.65.